The molecule has 2 aromatic rings. The second kappa shape index (κ2) is 7.77. The standard InChI is InChI=1S/C18H17Cl2NO3S/c1-10(17(22)21-14-7-6-12(19)9-13(14)20)24-18(23)16-8-11-4-2-3-5-15(11)25-16/h6-10H,2-5H2,1H3,(H,21,22). The molecule has 1 aromatic heterocycles. The van der Waals surface area contributed by atoms with E-state index < -0.39 is 18.0 Å². The van der Waals surface area contributed by atoms with E-state index >= 15 is 0 Å². The van der Waals surface area contributed by atoms with Gasteiger partial charge < -0.3 is 10.1 Å². The number of halogens is 2. The summed E-state index contributed by atoms with van der Waals surface area (Å²) < 4.78 is 5.30. The molecule has 0 spiro atoms. The van der Waals surface area contributed by atoms with Gasteiger partial charge in [0.15, 0.2) is 6.10 Å². The molecule has 0 saturated carbocycles. The summed E-state index contributed by atoms with van der Waals surface area (Å²) in [5, 5.41) is 3.44. The molecule has 4 nitrogen and oxygen atoms in total. The van der Waals surface area contributed by atoms with Gasteiger partial charge in [-0.2, -0.15) is 0 Å². The fourth-order valence-corrected chi connectivity index (χ4v) is 4.28. The summed E-state index contributed by atoms with van der Waals surface area (Å²) in [7, 11) is 0. The molecule has 1 atom stereocenters. The van der Waals surface area contributed by atoms with E-state index in [4.69, 9.17) is 27.9 Å². The van der Waals surface area contributed by atoms with Crippen LogP contribution in [-0.2, 0) is 22.4 Å². The molecule has 1 aliphatic rings. The number of rotatable bonds is 4. The quantitative estimate of drug-likeness (QED) is 0.728. The molecule has 1 aromatic carbocycles. The number of hydrogen-bond acceptors (Lipinski definition) is 4. The van der Waals surface area contributed by atoms with Crippen molar-refractivity contribution in [3.8, 4) is 0 Å². The number of thiophene rings is 1. The Labute approximate surface area is 160 Å². The summed E-state index contributed by atoms with van der Waals surface area (Å²) in [6.07, 6.45) is 3.39. The first-order valence-corrected chi connectivity index (χ1v) is 9.60. The molecular weight excluding hydrogens is 381 g/mol. The highest BCUT2D eigenvalue weighted by molar-refractivity contribution is 7.14. The minimum atomic E-state index is -0.932. The molecule has 3 rings (SSSR count). The van der Waals surface area contributed by atoms with E-state index in [1.807, 2.05) is 6.07 Å². The Morgan fingerprint density at radius 2 is 1.96 bits per heavy atom. The molecule has 0 saturated heterocycles. The number of nitrogens with one attached hydrogen (secondary N) is 1. The molecule has 0 aliphatic heterocycles. The van der Waals surface area contributed by atoms with Gasteiger partial charge in [-0.05, 0) is 62.4 Å². The van der Waals surface area contributed by atoms with E-state index in [0.717, 1.165) is 25.7 Å². The molecule has 1 unspecified atom stereocenters. The fourth-order valence-electron chi connectivity index (χ4n) is 2.69. The Hall–Kier alpha value is -1.56. The number of fused-ring (bicyclic) bond motifs is 1. The van der Waals surface area contributed by atoms with Crippen LogP contribution in [-0.4, -0.2) is 18.0 Å². The minimum Gasteiger partial charge on any atom is -0.448 e. The number of carbonyl (C=O) groups excluding carboxylic acids is 2. The van der Waals surface area contributed by atoms with E-state index in [-0.39, 0.29) is 0 Å². The van der Waals surface area contributed by atoms with Crippen LogP contribution in [0.2, 0.25) is 10.0 Å². The van der Waals surface area contributed by atoms with Gasteiger partial charge in [0.2, 0.25) is 0 Å². The Bertz CT molecular complexity index is 795. The molecular formula is C18H17Cl2NO3S. The fraction of sp³-hybridized carbons (Fsp3) is 0.333. The van der Waals surface area contributed by atoms with Crippen molar-refractivity contribution in [3.63, 3.8) is 0 Å². The lowest BCUT2D eigenvalue weighted by atomic mass is 9.99. The van der Waals surface area contributed by atoms with Crippen molar-refractivity contribution in [2.45, 2.75) is 38.7 Å². The van der Waals surface area contributed by atoms with Gasteiger partial charge in [-0.15, -0.1) is 11.3 Å². The van der Waals surface area contributed by atoms with E-state index in [2.05, 4.69) is 5.32 Å². The number of esters is 1. The maximum Gasteiger partial charge on any atom is 0.349 e. The molecule has 1 amide bonds. The molecule has 1 heterocycles. The maximum atomic E-state index is 12.3. The molecule has 0 bridgehead atoms. The minimum absolute atomic E-state index is 0.324. The summed E-state index contributed by atoms with van der Waals surface area (Å²) >= 11 is 13.3. The van der Waals surface area contributed by atoms with Crippen LogP contribution in [0.1, 0.15) is 39.9 Å². The van der Waals surface area contributed by atoms with Gasteiger partial charge in [0.25, 0.3) is 5.91 Å². The van der Waals surface area contributed by atoms with Crippen molar-refractivity contribution in [1.29, 1.82) is 0 Å². The highest BCUT2D eigenvalue weighted by atomic mass is 35.5. The molecule has 0 fully saturated rings. The average Bonchev–Trinajstić information content (AvgIpc) is 3.01. The van der Waals surface area contributed by atoms with Crippen LogP contribution in [0.3, 0.4) is 0 Å². The number of amides is 1. The number of aryl methyl sites for hydroxylation is 2. The third-order valence-corrected chi connectivity index (χ3v) is 5.80. The van der Waals surface area contributed by atoms with Gasteiger partial charge in [-0.25, -0.2) is 4.79 Å². The van der Waals surface area contributed by atoms with Crippen molar-refractivity contribution in [3.05, 3.63) is 49.6 Å². The van der Waals surface area contributed by atoms with Crippen LogP contribution in [0.4, 0.5) is 5.69 Å². The summed E-state index contributed by atoms with van der Waals surface area (Å²) in [5.74, 6) is -0.914. The van der Waals surface area contributed by atoms with Crippen molar-refractivity contribution in [2.24, 2.45) is 0 Å². The number of ether oxygens (including phenoxy) is 1. The van der Waals surface area contributed by atoms with Gasteiger partial charge in [0, 0.05) is 9.90 Å². The molecule has 0 radical (unpaired) electrons. The second-order valence-corrected chi connectivity index (χ2v) is 7.91. The SMILES string of the molecule is CC(OC(=O)c1cc2c(s1)CCCC2)C(=O)Nc1ccc(Cl)cc1Cl. The van der Waals surface area contributed by atoms with Crippen molar-refractivity contribution in [2.75, 3.05) is 5.32 Å². The topological polar surface area (TPSA) is 55.4 Å². The normalized spacial score (nSPS) is 14.5. The van der Waals surface area contributed by atoms with Crippen LogP contribution in [0, 0.1) is 0 Å². The lowest BCUT2D eigenvalue weighted by Crippen LogP contribution is -2.29. The first-order valence-electron chi connectivity index (χ1n) is 8.02. The van der Waals surface area contributed by atoms with Gasteiger partial charge in [-0.3, -0.25) is 4.79 Å². The van der Waals surface area contributed by atoms with Crippen LogP contribution in [0.15, 0.2) is 24.3 Å². The Kier molecular flexibility index (Phi) is 5.67. The van der Waals surface area contributed by atoms with Gasteiger partial charge >= 0.3 is 5.97 Å². The molecule has 1 aliphatic carbocycles. The van der Waals surface area contributed by atoms with E-state index in [1.54, 1.807) is 12.1 Å². The predicted molar refractivity (Wildman–Crippen MR) is 101 cm³/mol. The Morgan fingerprint density at radius 1 is 1.20 bits per heavy atom. The summed E-state index contributed by atoms with van der Waals surface area (Å²) in [6, 6.07) is 6.65. The van der Waals surface area contributed by atoms with E-state index in [9.17, 15) is 9.59 Å². The zero-order chi connectivity index (χ0) is 18.0. The lowest BCUT2D eigenvalue weighted by molar-refractivity contribution is -0.123. The lowest BCUT2D eigenvalue weighted by Gasteiger charge is -2.13. The van der Waals surface area contributed by atoms with E-state index in [1.165, 1.54) is 34.8 Å². The van der Waals surface area contributed by atoms with Crippen molar-refractivity contribution < 1.29 is 14.3 Å². The summed E-state index contributed by atoms with van der Waals surface area (Å²) in [6.45, 7) is 1.53. The predicted octanol–water partition coefficient (Wildman–Crippen LogP) is 5.12. The third kappa shape index (κ3) is 4.35. The first kappa shape index (κ1) is 18.2. The molecule has 25 heavy (non-hydrogen) atoms. The monoisotopic (exact) mass is 397 g/mol. The van der Waals surface area contributed by atoms with Gasteiger partial charge in [0.05, 0.1) is 10.7 Å². The van der Waals surface area contributed by atoms with Crippen LogP contribution in [0.25, 0.3) is 0 Å². The Morgan fingerprint density at radius 3 is 2.68 bits per heavy atom. The zero-order valence-electron chi connectivity index (χ0n) is 13.6. The van der Waals surface area contributed by atoms with Crippen molar-refractivity contribution in [1.82, 2.24) is 0 Å². The molecule has 132 valence electrons. The number of benzene rings is 1. The summed E-state index contributed by atoms with van der Waals surface area (Å²) in [4.78, 5) is 26.3. The Balaban J connectivity index is 1.62. The summed E-state index contributed by atoms with van der Waals surface area (Å²) in [5.41, 5.74) is 1.65. The third-order valence-electron chi connectivity index (χ3n) is 4.04. The number of anilines is 1. The smallest absolute Gasteiger partial charge is 0.349 e. The van der Waals surface area contributed by atoms with Crippen LogP contribution >= 0.6 is 34.5 Å². The van der Waals surface area contributed by atoms with Crippen LogP contribution in [0.5, 0.6) is 0 Å². The van der Waals surface area contributed by atoms with E-state index in [0.29, 0.717) is 20.6 Å². The highest BCUT2D eigenvalue weighted by Crippen LogP contribution is 2.30. The highest BCUT2D eigenvalue weighted by Gasteiger charge is 2.23. The molecule has 1 N–H and O–H groups in total. The van der Waals surface area contributed by atoms with Crippen molar-refractivity contribution >= 4 is 52.1 Å². The molecule has 7 heteroatoms. The largest absolute Gasteiger partial charge is 0.448 e. The second-order valence-electron chi connectivity index (χ2n) is 5.93. The maximum absolute atomic E-state index is 12.3. The number of hydrogen-bond donors (Lipinski definition) is 1. The zero-order valence-corrected chi connectivity index (χ0v) is 15.9. The van der Waals surface area contributed by atoms with Gasteiger partial charge in [0.1, 0.15) is 4.88 Å². The van der Waals surface area contributed by atoms with Crippen LogP contribution < -0.4 is 5.32 Å². The first-order chi connectivity index (χ1) is 11.9. The average molecular weight is 398 g/mol. The van der Waals surface area contributed by atoms with Gasteiger partial charge in [-0.1, -0.05) is 23.2 Å². The number of carbonyl (C=O) groups is 2.